The molecule has 0 unspecified atom stereocenters. The molecular formula is C30H23F3N6O4. The molecule has 1 amide bonds. The number of anilines is 2. The lowest BCUT2D eigenvalue weighted by Crippen LogP contribution is -3.12. The van der Waals surface area contributed by atoms with Crippen molar-refractivity contribution in [1.29, 1.82) is 0 Å². The number of carbonyl (C=O) groups excluding carboxylic acids is 1. The van der Waals surface area contributed by atoms with Crippen molar-refractivity contribution in [3.8, 4) is 17.0 Å². The lowest BCUT2D eigenvalue weighted by Gasteiger charge is -3.09. The van der Waals surface area contributed by atoms with Crippen LogP contribution >= 0.6 is 0 Å². The van der Waals surface area contributed by atoms with Gasteiger partial charge in [-0.15, -0.1) is 0 Å². The molecule has 0 atom stereocenters. The maximum absolute atomic E-state index is 13.1. The molecule has 10 nitrogen and oxygen atoms in total. The summed E-state index contributed by atoms with van der Waals surface area (Å²) in [6.07, 6.45) is -0.141. The summed E-state index contributed by atoms with van der Waals surface area (Å²) < 4.78 is 47.3. The first-order valence-corrected chi connectivity index (χ1v) is 14.1. The number of rotatable bonds is 7. The summed E-state index contributed by atoms with van der Waals surface area (Å²) in [6, 6.07) is 6.33. The topological polar surface area (TPSA) is 145 Å². The van der Waals surface area contributed by atoms with Gasteiger partial charge >= 0.3 is 12.1 Å². The van der Waals surface area contributed by atoms with Crippen molar-refractivity contribution in [2.45, 2.75) is 18.5 Å². The Bertz CT molecular complexity index is 1900. The van der Waals surface area contributed by atoms with E-state index in [1.54, 1.807) is 25.3 Å². The standard InChI is InChI=1S/C30H23F3N6O4/c1-2-43-14-9-11(25(40)37-15-10-12(5-6-35-15)30(31,32)33)3-4-13(14)22-23-24(34)36-7-8-39(23)26(38-22)28-16-19-17(28)21-18(28)20(16)29(19,21)27(41)42/h3-10,16-21H,2H2,1H3,(H2,34,36)(H,41,42)(H,35,37,40). The summed E-state index contributed by atoms with van der Waals surface area (Å²) in [4.78, 5) is 38.4. The van der Waals surface area contributed by atoms with Gasteiger partial charge in [-0.25, -0.2) is 15.0 Å². The molecule has 6 fully saturated rings. The number of alkyl halides is 3. The monoisotopic (exact) mass is 588 g/mol. The molecule has 3 heterocycles. The number of nitrogens with two attached hydrogens (primary N) is 1. The van der Waals surface area contributed by atoms with Crippen LogP contribution in [0.5, 0.6) is 5.75 Å². The number of nitrogen functional groups attached to an aromatic ring is 1. The minimum atomic E-state index is -4.58. The summed E-state index contributed by atoms with van der Waals surface area (Å²) in [5.74, 6) is 1.58. The van der Waals surface area contributed by atoms with Crippen LogP contribution in [-0.2, 0) is 16.4 Å². The number of ether oxygens (including phenoxy) is 1. The van der Waals surface area contributed by atoms with Crippen LogP contribution in [0.1, 0.15) is 28.7 Å². The smallest absolute Gasteiger partial charge is 0.416 e. The summed E-state index contributed by atoms with van der Waals surface area (Å²) in [7, 11) is 0. The fourth-order valence-electron chi connectivity index (χ4n) is 9.96. The number of hydrogen-bond donors (Lipinski definition) is 3. The first kappa shape index (κ1) is 24.9. The molecule has 0 bridgehead atoms. The molecule has 43 heavy (non-hydrogen) atoms. The third-order valence-electron chi connectivity index (χ3n) is 11.1. The predicted octanol–water partition coefficient (Wildman–Crippen LogP) is 4.12. The highest BCUT2D eigenvalue weighted by Crippen LogP contribution is 3.09. The van der Waals surface area contributed by atoms with Gasteiger partial charge in [0.15, 0.2) is 0 Å². The molecule has 13 heteroatoms. The number of nitrogens with zero attached hydrogens (tertiary/aromatic N) is 4. The van der Waals surface area contributed by atoms with Crippen molar-refractivity contribution in [2.75, 3.05) is 17.7 Å². The zero-order valence-electron chi connectivity index (χ0n) is 22.5. The van der Waals surface area contributed by atoms with E-state index in [9.17, 15) is 27.9 Å². The normalized spacial score (nSPS) is 33.3. The third kappa shape index (κ3) is 2.47. The van der Waals surface area contributed by atoms with Crippen LogP contribution in [0.2, 0.25) is 0 Å². The molecule has 6 aliphatic carbocycles. The quantitative estimate of drug-likeness (QED) is 0.293. The molecule has 4 N–H and O–H groups in total. The van der Waals surface area contributed by atoms with Gasteiger partial charge in [0, 0.05) is 35.1 Å². The number of carboxylic acid groups (broad SMARTS) is 1. The largest absolute Gasteiger partial charge is 0.493 e. The van der Waals surface area contributed by atoms with E-state index in [4.69, 9.17) is 15.5 Å². The fourth-order valence-corrected chi connectivity index (χ4v) is 9.96. The Kier molecular flexibility index (Phi) is 4.31. The molecule has 3 aromatic heterocycles. The minimum absolute atomic E-state index is 0.143. The van der Waals surface area contributed by atoms with E-state index in [1.165, 1.54) is 6.07 Å². The Balaban J connectivity index is 1.09. The van der Waals surface area contributed by atoms with E-state index in [1.807, 2.05) is 10.6 Å². The lowest BCUT2D eigenvalue weighted by atomic mass is 8.92. The van der Waals surface area contributed by atoms with Crippen LogP contribution in [0.3, 0.4) is 0 Å². The number of benzene rings is 1. The number of carbonyl (C=O) groups is 2. The number of pyridine rings is 1. The maximum Gasteiger partial charge on any atom is 0.416 e. The SMILES string of the molecule is CCOc1cc(C(=O)Nc2cc(C(F)(F)F)ccn2)ccc1-c1nc(C23C4C5C2C2C3C4C52C(=O)O)n2ccnc(N)c12. The zero-order chi connectivity index (χ0) is 29.8. The average Bonchev–Trinajstić information content (AvgIpc) is 3.37. The second-order valence-corrected chi connectivity index (χ2v) is 12.2. The average molecular weight is 589 g/mol. The number of carboxylic acids is 1. The zero-order valence-corrected chi connectivity index (χ0v) is 22.5. The van der Waals surface area contributed by atoms with Crippen molar-refractivity contribution < 1.29 is 32.6 Å². The van der Waals surface area contributed by atoms with Crippen LogP contribution in [0.25, 0.3) is 16.8 Å². The molecule has 0 spiro atoms. The highest BCUT2D eigenvalue weighted by Gasteiger charge is 3.12. The van der Waals surface area contributed by atoms with Gasteiger partial charge in [-0.3, -0.25) is 14.0 Å². The van der Waals surface area contributed by atoms with Gasteiger partial charge in [0.05, 0.1) is 17.6 Å². The Hall–Kier alpha value is -4.68. The van der Waals surface area contributed by atoms with Crippen molar-refractivity contribution in [2.24, 2.45) is 40.9 Å². The van der Waals surface area contributed by atoms with Crippen molar-refractivity contribution >= 4 is 29.0 Å². The van der Waals surface area contributed by atoms with E-state index in [-0.39, 0.29) is 47.0 Å². The molecule has 218 valence electrons. The number of fused-ring (bicyclic) bond motifs is 1. The molecule has 6 aliphatic rings. The van der Waals surface area contributed by atoms with Crippen LogP contribution < -0.4 is 15.8 Å². The molecule has 0 radical (unpaired) electrons. The number of amides is 1. The first-order valence-electron chi connectivity index (χ1n) is 14.1. The number of nitrogens with one attached hydrogen (secondary N) is 1. The number of halogens is 3. The summed E-state index contributed by atoms with van der Waals surface area (Å²) in [5, 5.41) is 12.3. The van der Waals surface area contributed by atoms with Crippen molar-refractivity contribution in [3.63, 3.8) is 0 Å². The Morgan fingerprint density at radius 3 is 2.44 bits per heavy atom. The van der Waals surface area contributed by atoms with Gasteiger partial charge < -0.3 is 20.9 Å². The van der Waals surface area contributed by atoms with E-state index < -0.39 is 29.0 Å². The number of aliphatic carboxylic acids is 1. The molecule has 6 saturated carbocycles. The highest BCUT2D eigenvalue weighted by atomic mass is 19.4. The van der Waals surface area contributed by atoms with E-state index in [0.717, 1.165) is 24.2 Å². The Morgan fingerprint density at radius 2 is 1.79 bits per heavy atom. The van der Waals surface area contributed by atoms with Gasteiger partial charge in [0.1, 0.15) is 34.4 Å². The number of aromatic nitrogens is 4. The summed E-state index contributed by atoms with van der Waals surface area (Å²) in [5.41, 5.74) is 6.71. The van der Waals surface area contributed by atoms with E-state index in [2.05, 4.69) is 15.3 Å². The third-order valence-corrected chi connectivity index (χ3v) is 11.1. The second-order valence-electron chi connectivity index (χ2n) is 12.2. The van der Waals surface area contributed by atoms with Crippen LogP contribution in [0.4, 0.5) is 24.8 Å². The number of imidazole rings is 1. The van der Waals surface area contributed by atoms with Crippen LogP contribution in [0, 0.1) is 40.9 Å². The Labute approximate surface area is 241 Å². The van der Waals surface area contributed by atoms with Gasteiger partial charge in [0.25, 0.3) is 5.91 Å². The van der Waals surface area contributed by atoms with Gasteiger partial charge in [0.2, 0.25) is 0 Å². The summed E-state index contributed by atoms with van der Waals surface area (Å²) >= 11 is 0. The van der Waals surface area contributed by atoms with Gasteiger partial charge in [-0.1, -0.05) is 0 Å². The van der Waals surface area contributed by atoms with Gasteiger partial charge in [-0.2, -0.15) is 13.2 Å². The summed E-state index contributed by atoms with van der Waals surface area (Å²) in [6.45, 7) is 2.07. The van der Waals surface area contributed by atoms with Crippen molar-refractivity contribution in [3.05, 3.63) is 65.9 Å². The number of hydrogen-bond acceptors (Lipinski definition) is 7. The molecular weight excluding hydrogens is 565 g/mol. The highest BCUT2D eigenvalue weighted by molar-refractivity contribution is 6.05. The molecule has 10 rings (SSSR count). The fraction of sp³-hybridized carbons (Fsp3) is 0.367. The first-order chi connectivity index (χ1) is 20.6. The van der Waals surface area contributed by atoms with Crippen LogP contribution in [0.15, 0.2) is 48.9 Å². The second kappa shape index (κ2) is 7.44. The van der Waals surface area contributed by atoms with E-state index >= 15 is 0 Å². The molecule has 0 saturated heterocycles. The predicted molar refractivity (Wildman–Crippen MR) is 144 cm³/mol. The minimum Gasteiger partial charge on any atom is -0.493 e. The van der Waals surface area contributed by atoms with Crippen molar-refractivity contribution in [1.82, 2.24) is 19.4 Å². The Morgan fingerprint density at radius 1 is 1.07 bits per heavy atom. The van der Waals surface area contributed by atoms with Gasteiger partial charge in [-0.05, 0) is 72.8 Å². The molecule has 0 aliphatic heterocycles. The molecule has 4 aromatic rings. The molecule has 1 aromatic carbocycles. The lowest BCUT2D eigenvalue weighted by molar-refractivity contribution is -0.614. The maximum atomic E-state index is 13.1. The van der Waals surface area contributed by atoms with E-state index in [0.29, 0.717) is 40.3 Å². The van der Waals surface area contributed by atoms with Crippen LogP contribution in [-0.4, -0.2) is 42.9 Å².